The number of hydrogen-bond donors (Lipinski definition) is 1. The van der Waals surface area contributed by atoms with Crippen molar-refractivity contribution in [3.05, 3.63) is 0 Å². The van der Waals surface area contributed by atoms with Gasteiger partial charge in [-0.3, -0.25) is 4.79 Å². The summed E-state index contributed by atoms with van der Waals surface area (Å²) >= 11 is 0. The highest BCUT2D eigenvalue weighted by Gasteiger charge is 2.24. The number of ether oxygens (including phenoxy) is 1. The Bertz CT molecular complexity index is 288. The predicted molar refractivity (Wildman–Crippen MR) is 63.8 cm³/mol. The van der Waals surface area contributed by atoms with Gasteiger partial charge in [0.05, 0.1) is 6.10 Å². The van der Waals surface area contributed by atoms with Crippen molar-refractivity contribution in [2.45, 2.75) is 39.7 Å². The Balaban J connectivity index is 2.31. The Morgan fingerprint density at radius 1 is 1.56 bits per heavy atom. The molecule has 1 N–H and O–H groups in total. The lowest BCUT2D eigenvalue weighted by molar-refractivity contribution is -0.116. The fourth-order valence-corrected chi connectivity index (χ4v) is 1.95. The summed E-state index contributed by atoms with van der Waals surface area (Å²) in [5.74, 6) is 5.99. The third-order valence-electron chi connectivity index (χ3n) is 2.96. The van der Waals surface area contributed by atoms with Crippen LogP contribution < -0.4 is 5.32 Å². The summed E-state index contributed by atoms with van der Waals surface area (Å²) in [7, 11) is 0. The maximum atomic E-state index is 11.2. The fraction of sp³-hybridized carbons (Fsp3) is 0.769. The van der Waals surface area contributed by atoms with Crippen LogP contribution in [0, 0.1) is 23.7 Å². The van der Waals surface area contributed by atoms with Gasteiger partial charge < -0.3 is 10.1 Å². The van der Waals surface area contributed by atoms with E-state index in [1.807, 2.05) is 0 Å². The molecule has 1 aliphatic heterocycles. The smallest absolute Gasteiger partial charge is 0.295 e. The Labute approximate surface area is 97.9 Å². The first kappa shape index (κ1) is 13.1. The highest BCUT2D eigenvalue weighted by molar-refractivity contribution is 5.93. The molecule has 0 bridgehead atoms. The minimum Gasteiger partial charge on any atom is -0.378 e. The molecule has 90 valence electrons. The van der Waals surface area contributed by atoms with Crippen LogP contribution in [0.4, 0.5) is 0 Å². The topological polar surface area (TPSA) is 38.3 Å². The summed E-state index contributed by atoms with van der Waals surface area (Å²) in [6.45, 7) is 7.55. The number of nitrogens with one attached hydrogen (secondary N) is 1. The molecule has 0 radical (unpaired) electrons. The zero-order valence-corrected chi connectivity index (χ0v) is 10.4. The Morgan fingerprint density at radius 3 is 2.94 bits per heavy atom. The molecule has 2 unspecified atom stereocenters. The molecule has 1 aliphatic rings. The first-order chi connectivity index (χ1) is 7.63. The van der Waals surface area contributed by atoms with E-state index < -0.39 is 0 Å². The molecule has 0 aliphatic carbocycles. The average Bonchev–Trinajstić information content (AvgIpc) is 2.27. The van der Waals surface area contributed by atoms with E-state index >= 15 is 0 Å². The molecule has 1 saturated heterocycles. The third kappa shape index (κ3) is 4.24. The van der Waals surface area contributed by atoms with Gasteiger partial charge in [0.15, 0.2) is 0 Å². The molecule has 1 amide bonds. The van der Waals surface area contributed by atoms with Crippen LogP contribution in [-0.2, 0) is 9.53 Å². The van der Waals surface area contributed by atoms with Crippen LogP contribution in [-0.4, -0.2) is 25.2 Å². The van der Waals surface area contributed by atoms with Gasteiger partial charge >= 0.3 is 0 Å². The molecule has 0 aromatic carbocycles. The largest absolute Gasteiger partial charge is 0.378 e. The highest BCUT2D eigenvalue weighted by Crippen LogP contribution is 2.24. The molecule has 1 fully saturated rings. The van der Waals surface area contributed by atoms with Gasteiger partial charge in [-0.1, -0.05) is 19.8 Å². The zero-order valence-electron chi connectivity index (χ0n) is 10.4. The number of carbonyl (C=O) groups excluding carboxylic acids is 1. The first-order valence-electron chi connectivity index (χ1n) is 5.95. The maximum Gasteiger partial charge on any atom is 0.295 e. The summed E-state index contributed by atoms with van der Waals surface area (Å²) in [6, 6.07) is 0. The van der Waals surface area contributed by atoms with Gasteiger partial charge in [-0.2, -0.15) is 0 Å². The molecule has 1 heterocycles. The summed E-state index contributed by atoms with van der Waals surface area (Å²) < 4.78 is 5.68. The van der Waals surface area contributed by atoms with Gasteiger partial charge in [0, 0.05) is 13.2 Å². The molecule has 1 rings (SSSR count). The van der Waals surface area contributed by atoms with Gasteiger partial charge in [-0.25, -0.2) is 0 Å². The van der Waals surface area contributed by atoms with Gasteiger partial charge in [0.1, 0.15) is 0 Å². The Morgan fingerprint density at radius 2 is 2.31 bits per heavy atom. The van der Waals surface area contributed by atoms with E-state index in [2.05, 4.69) is 31.0 Å². The quantitative estimate of drug-likeness (QED) is 0.738. The van der Waals surface area contributed by atoms with Gasteiger partial charge in [-0.05, 0) is 37.5 Å². The molecule has 0 saturated carbocycles. The minimum absolute atomic E-state index is 0.171. The molecular weight excluding hydrogens is 202 g/mol. The van der Waals surface area contributed by atoms with Crippen LogP contribution in [0.2, 0.25) is 0 Å². The molecule has 16 heavy (non-hydrogen) atoms. The molecular formula is C13H21NO2. The van der Waals surface area contributed by atoms with Gasteiger partial charge in [0.25, 0.3) is 5.91 Å². The minimum atomic E-state index is -0.171. The van der Waals surface area contributed by atoms with Crippen molar-refractivity contribution in [1.29, 1.82) is 0 Å². The third-order valence-corrected chi connectivity index (χ3v) is 2.96. The lowest BCUT2D eigenvalue weighted by Gasteiger charge is -2.31. The fourth-order valence-electron chi connectivity index (χ4n) is 1.95. The number of rotatable bonds is 3. The van der Waals surface area contributed by atoms with E-state index in [1.54, 1.807) is 6.92 Å². The van der Waals surface area contributed by atoms with E-state index in [0.717, 1.165) is 26.0 Å². The van der Waals surface area contributed by atoms with Crippen molar-refractivity contribution in [2.75, 3.05) is 13.2 Å². The highest BCUT2D eigenvalue weighted by atomic mass is 16.5. The van der Waals surface area contributed by atoms with Crippen LogP contribution in [0.1, 0.15) is 33.6 Å². The van der Waals surface area contributed by atoms with E-state index in [4.69, 9.17) is 4.74 Å². The number of carbonyl (C=O) groups is 1. The SMILES string of the molecule is CC#CC(=O)NCC1CCOC(C(C)C)C1. The molecule has 0 aromatic heterocycles. The number of hydrogen-bond acceptors (Lipinski definition) is 2. The van der Waals surface area contributed by atoms with Gasteiger partial charge in [-0.15, -0.1) is 0 Å². The first-order valence-corrected chi connectivity index (χ1v) is 5.95. The molecule has 3 heteroatoms. The second kappa shape index (κ2) is 6.55. The second-order valence-electron chi connectivity index (χ2n) is 4.63. The normalized spacial score (nSPS) is 24.8. The van der Waals surface area contributed by atoms with Crippen molar-refractivity contribution in [2.24, 2.45) is 11.8 Å². The van der Waals surface area contributed by atoms with Crippen LogP contribution in [0.5, 0.6) is 0 Å². The van der Waals surface area contributed by atoms with E-state index in [1.165, 1.54) is 0 Å². The summed E-state index contributed by atoms with van der Waals surface area (Å²) in [5, 5.41) is 2.84. The van der Waals surface area contributed by atoms with E-state index in [9.17, 15) is 4.79 Å². The van der Waals surface area contributed by atoms with Crippen LogP contribution in [0.25, 0.3) is 0 Å². The zero-order chi connectivity index (χ0) is 12.0. The molecule has 0 spiro atoms. The monoisotopic (exact) mass is 223 g/mol. The Hall–Kier alpha value is -1.01. The second-order valence-corrected chi connectivity index (χ2v) is 4.63. The van der Waals surface area contributed by atoms with Crippen molar-refractivity contribution in [3.8, 4) is 11.8 Å². The van der Waals surface area contributed by atoms with Crippen LogP contribution in [0.15, 0.2) is 0 Å². The standard InChI is InChI=1S/C13H21NO2/c1-4-5-13(15)14-9-11-6-7-16-12(8-11)10(2)3/h10-12H,6-9H2,1-3H3,(H,14,15). The lowest BCUT2D eigenvalue weighted by Crippen LogP contribution is -2.36. The summed E-state index contributed by atoms with van der Waals surface area (Å²) in [4.78, 5) is 11.2. The van der Waals surface area contributed by atoms with Crippen LogP contribution in [0.3, 0.4) is 0 Å². The van der Waals surface area contributed by atoms with Crippen molar-refractivity contribution >= 4 is 5.91 Å². The van der Waals surface area contributed by atoms with E-state index in [-0.39, 0.29) is 5.91 Å². The average molecular weight is 223 g/mol. The van der Waals surface area contributed by atoms with Crippen LogP contribution >= 0.6 is 0 Å². The van der Waals surface area contributed by atoms with Crippen molar-refractivity contribution < 1.29 is 9.53 Å². The summed E-state index contributed by atoms with van der Waals surface area (Å²) in [6.07, 6.45) is 2.41. The molecule has 0 aromatic rings. The molecule has 3 nitrogen and oxygen atoms in total. The van der Waals surface area contributed by atoms with Crippen molar-refractivity contribution in [3.63, 3.8) is 0 Å². The Kier molecular flexibility index (Phi) is 5.34. The van der Waals surface area contributed by atoms with Crippen molar-refractivity contribution in [1.82, 2.24) is 5.32 Å². The number of amides is 1. The van der Waals surface area contributed by atoms with Gasteiger partial charge in [0.2, 0.25) is 0 Å². The molecule has 2 atom stereocenters. The van der Waals surface area contributed by atoms with E-state index in [0.29, 0.717) is 17.9 Å². The predicted octanol–water partition coefficient (Wildman–Crippen LogP) is 1.58. The lowest BCUT2D eigenvalue weighted by atomic mass is 9.90. The summed E-state index contributed by atoms with van der Waals surface area (Å²) in [5.41, 5.74) is 0. The maximum absolute atomic E-state index is 11.2.